The summed E-state index contributed by atoms with van der Waals surface area (Å²) in [5.41, 5.74) is 6.78. The minimum Gasteiger partial charge on any atom is -0.508 e. The Morgan fingerprint density at radius 1 is 1.04 bits per heavy atom. The Labute approximate surface area is 140 Å². The predicted molar refractivity (Wildman–Crippen MR) is 93.4 cm³/mol. The van der Waals surface area contributed by atoms with Crippen molar-refractivity contribution < 1.29 is 14.6 Å². The van der Waals surface area contributed by atoms with Gasteiger partial charge in [-0.3, -0.25) is 4.79 Å². The third-order valence-corrected chi connectivity index (χ3v) is 3.94. The molecule has 130 valence electrons. The maximum atomic E-state index is 11.8. The molecule has 1 aromatic rings. The summed E-state index contributed by atoms with van der Waals surface area (Å²) in [5.74, 6) is -0.138. The molecule has 0 amide bonds. The van der Waals surface area contributed by atoms with E-state index in [2.05, 4.69) is 6.92 Å². The molecule has 0 heterocycles. The summed E-state index contributed by atoms with van der Waals surface area (Å²) < 4.78 is 5.23. The van der Waals surface area contributed by atoms with E-state index in [1.165, 1.54) is 38.5 Å². The molecule has 4 heteroatoms. The smallest absolute Gasteiger partial charge is 0.323 e. The molecule has 0 saturated carbocycles. The molecule has 4 nitrogen and oxygen atoms in total. The number of benzene rings is 1. The van der Waals surface area contributed by atoms with Crippen molar-refractivity contribution in [2.75, 3.05) is 6.61 Å². The fourth-order valence-corrected chi connectivity index (χ4v) is 2.49. The van der Waals surface area contributed by atoms with Crippen LogP contribution < -0.4 is 5.73 Å². The number of phenolic OH excluding ortho intramolecular Hbond substituents is 1. The number of hydrogen-bond acceptors (Lipinski definition) is 4. The Bertz CT molecular complexity index is 431. The van der Waals surface area contributed by atoms with Gasteiger partial charge < -0.3 is 15.6 Å². The van der Waals surface area contributed by atoms with Gasteiger partial charge in [-0.25, -0.2) is 0 Å². The van der Waals surface area contributed by atoms with Gasteiger partial charge >= 0.3 is 5.97 Å². The van der Waals surface area contributed by atoms with E-state index in [1.54, 1.807) is 24.3 Å². The van der Waals surface area contributed by atoms with Crippen molar-refractivity contribution in [3.63, 3.8) is 0 Å². The van der Waals surface area contributed by atoms with Gasteiger partial charge in [0, 0.05) is 0 Å². The first-order valence-electron chi connectivity index (χ1n) is 8.83. The van der Waals surface area contributed by atoms with Crippen molar-refractivity contribution in [2.45, 2.75) is 70.8 Å². The second-order valence-corrected chi connectivity index (χ2v) is 6.12. The molecule has 23 heavy (non-hydrogen) atoms. The highest BCUT2D eigenvalue weighted by molar-refractivity contribution is 5.75. The van der Waals surface area contributed by atoms with Gasteiger partial charge in [0.1, 0.15) is 11.8 Å². The van der Waals surface area contributed by atoms with Crippen LogP contribution in [-0.2, 0) is 16.0 Å². The van der Waals surface area contributed by atoms with E-state index in [0.717, 1.165) is 18.4 Å². The highest BCUT2D eigenvalue weighted by Gasteiger charge is 2.15. The number of ether oxygens (including phenoxy) is 1. The van der Waals surface area contributed by atoms with Gasteiger partial charge in [0.2, 0.25) is 0 Å². The lowest BCUT2D eigenvalue weighted by Crippen LogP contribution is -2.34. The Balaban J connectivity index is 2.05. The van der Waals surface area contributed by atoms with E-state index in [1.807, 2.05) is 0 Å². The summed E-state index contributed by atoms with van der Waals surface area (Å²) in [6.45, 7) is 2.68. The van der Waals surface area contributed by atoms with E-state index < -0.39 is 6.04 Å². The molecule has 0 aliphatic rings. The number of carbonyl (C=O) groups is 1. The fourth-order valence-electron chi connectivity index (χ4n) is 2.49. The Hall–Kier alpha value is -1.55. The van der Waals surface area contributed by atoms with E-state index in [9.17, 15) is 9.90 Å². The van der Waals surface area contributed by atoms with E-state index in [-0.39, 0.29) is 11.7 Å². The molecule has 0 spiro atoms. The molecule has 1 atom stereocenters. The van der Waals surface area contributed by atoms with Gasteiger partial charge in [0.15, 0.2) is 0 Å². The monoisotopic (exact) mass is 321 g/mol. The third-order valence-electron chi connectivity index (χ3n) is 3.94. The van der Waals surface area contributed by atoms with Crippen LogP contribution in [0.15, 0.2) is 24.3 Å². The number of rotatable bonds is 12. The molecule has 0 bridgehead atoms. The number of esters is 1. The van der Waals surface area contributed by atoms with Crippen LogP contribution in [0.2, 0.25) is 0 Å². The lowest BCUT2D eigenvalue weighted by atomic mass is 10.1. The molecule has 0 saturated heterocycles. The topological polar surface area (TPSA) is 72.5 Å². The summed E-state index contributed by atoms with van der Waals surface area (Å²) in [5, 5.41) is 9.22. The fraction of sp³-hybridized carbons (Fsp3) is 0.632. The zero-order valence-corrected chi connectivity index (χ0v) is 14.3. The summed E-state index contributed by atoms with van der Waals surface area (Å²) in [7, 11) is 0. The Kier molecular flexibility index (Phi) is 10.1. The van der Waals surface area contributed by atoms with E-state index >= 15 is 0 Å². The van der Waals surface area contributed by atoms with Crippen LogP contribution in [0.3, 0.4) is 0 Å². The van der Waals surface area contributed by atoms with Crippen LogP contribution in [0.4, 0.5) is 0 Å². The summed E-state index contributed by atoms with van der Waals surface area (Å²) >= 11 is 0. The Morgan fingerprint density at radius 2 is 1.61 bits per heavy atom. The van der Waals surface area contributed by atoms with Gasteiger partial charge in [0.25, 0.3) is 0 Å². The second kappa shape index (κ2) is 11.9. The number of carbonyl (C=O) groups excluding carboxylic acids is 1. The number of nitrogens with two attached hydrogens (primary N) is 1. The van der Waals surface area contributed by atoms with Crippen LogP contribution >= 0.6 is 0 Å². The lowest BCUT2D eigenvalue weighted by molar-refractivity contribution is -0.145. The first-order chi connectivity index (χ1) is 11.1. The molecule has 0 aliphatic heterocycles. The highest BCUT2D eigenvalue weighted by atomic mass is 16.5. The number of unbranched alkanes of at least 4 members (excludes halogenated alkanes) is 7. The van der Waals surface area contributed by atoms with Gasteiger partial charge in [0.05, 0.1) is 6.61 Å². The lowest BCUT2D eigenvalue weighted by Gasteiger charge is -2.11. The molecular formula is C19H31NO3. The number of phenols is 1. The van der Waals surface area contributed by atoms with Gasteiger partial charge in [-0.1, -0.05) is 64.0 Å². The summed E-state index contributed by atoms with van der Waals surface area (Å²) in [6.07, 6.45) is 10.2. The molecule has 0 unspecified atom stereocenters. The van der Waals surface area contributed by atoms with Gasteiger partial charge in [-0.2, -0.15) is 0 Å². The van der Waals surface area contributed by atoms with Crippen LogP contribution in [-0.4, -0.2) is 23.7 Å². The Morgan fingerprint density at radius 3 is 2.22 bits per heavy atom. The molecule has 1 aromatic carbocycles. The molecule has 3 N–H and O–H groups in total. The average Bonchev–Trinajstić information content (AvgIpc) is 2.55. The van der Waals surface area contributed by atoms with Crippen molar-refractivity contribution in [1.29, 1.82) is 0 Å². The van der Waals surface area contributed by atoms with Crippen LogP contribution in [0.25, 0.3) is 0 Å². The SMILES string of the molecule is CCCCCCCCCCOC(=O)[C@H](N)Cc1ccc(O)cc1. The van der Waals surface area contributed by atoms with Crippen molar-refractivity contribution in [1.82, 2.24) is 0 Å². The van der Waals surface area contributed by atoms with E-state index in [4.69, 9.17) is 10.5 Å². The minimum absolute atomic E-state index is 0.208. The quantitative estimate of drug-likeness (QED) is 0.452. The first kappa shape index (κ1) is 19.5. The molecule has 0 aromatic heterocycles. The molecular weight excluding hydrogens is 290 g/mol. The maximum Gasteiger partial charge on any atom is 0.323 e. The molecule has 1 rings (SSSR count). The van der Waals surface area contributed by atoms with Crippen molar-refractivity contribution >= 4 is 5.97 Å². The zero-order valence-electron chi connectivity index (χ0n) is 14.3. The molecule has 0 aliphatic carbocycles. The van der Waals surface area contributed by atoms with Crippen LogP contribution in [0.5, 0.6) is 5.75 Å². The second-order valence-electron chi connectivity index (χ2n) is 6.12. The number of aromatic hydroxyl groups is 1. The molecule has 0 fully saturated rings. The summed E-state index contributed by atoms with van der Waals surface area (Å²) in [6, 6.07) is 6.07. The van der Waals surface area contributed by atoms with Crippen molar-refractivity contribution in [3.05, 3.63) is 29.8 Å². The minimum atomic E-state index is -0.645. The normalized spacial score (nSPS) is 12.1. The molecule has 0 radical (unpaired) electrons. The summed E-state index contributed by atoms with van der Waals surface area (Å²) in [4.78, 5) is 11.8. The zero-order chi connectivity index (χ0) is 16.9. The van der Waals surface area contributed by atoms with Crippen LogP contribution in [0.1, 0.15) is 63.9 Å². The van der Waals surface area contributed by atoms with Crippen LogP contribution in [0, 0.1) is 0 Å². The first-order valence-corrected chi connectivity index (χ1v) is 8.83. The number of hydrogen-bond donors (Lipinski definition) is 2. The van der Waals surface area contributed by atoms with E-state index in [0.29, 0.717) is 13.0 Å². The standard InChI is InChI=1S/C19H31NO3/c1-2-3-4-5-6-7-8-9-14-23-19(22)18(20)15-16-10-12-17(21)13-11-16/h10-13,18,21H,2-9,14-15,20H2,1H3/t18-/m1/s1. The third kappa shape index (κ3) is 9.24. The average molecular weight is 321 g/mol. The predicted octanol–water partition coefficient (Wildman–Crippen LogP) is 3.95. The van der Waals surface area contributed by atoms with Gasteiger partial charge in [-0.15, -0.1) is 0 Å². The largest absolute Gasteiger partial charge is 0.508 e. The highest BCUT2D eigenvalue weighted by Crippen LogP contribution is 2.12. The maximum absolute atomic E-state index is 11.8. The van der Waals surface area contributed by atoms with Gasteiger partial charge in [-0.05, 0) is 30.5 Å². The van der Waals surface area contributed by atoms with Crippen molar-refractivity contribution in [3.8, 4) is 5.75 Å². The van der Waals surface area contributed by atoms with Crippen molar-refractivity contribution in [2.24, 2.45) is 5.73 Å².